The molecule has 0 radical (unpaired) electrons. The van der Waals surface area contributed by atoms with Crippen molar-refractivity contribution in [1.29, 1.82) is 0 Å². The van der Waals surface area contributed by atoms with Gasteiger partial charge in [-0.25, -0.2) is 8.78 Å². The second kappa shape index (κ2) is 9.61. The molecule has 0 atom stereocenters. The number of ether oxygens (including phenoxy) is 1. The van der Waals surface area contributed by atoms with Gasteiger partial charge < -0.3 is 9.15 Å². The summed E-state index contributed by atoms with van der Waals surface area (Å²) in [4.78, 5) is 14.0. The van der Waals surface area contributed by atoms with E-state index in [1.807, 2.05) is 0 Å². The van der Waals surface area contributed by atoms with Gasteiger partial charge in [0.2, 0.25) is 11.6 Å². The SMILES string of the molecule is CCCc1sc(C(=O)/C=C/c2ccc(COc3c(F)c(F)cc(F)c3F)o2)cc1Br. The van der Waals surface area contributed by atoms with Crippen LogP contribution in [0.3, 0.4) is 0 Å². The van der Waals surface area contributed by atoms with Gasteiger partial charge in [0.25, 0.3) is 0 Å². The first-order chi connectivity index (χ1) is 14.3. The summed E-state index contributed by atoms with van der Waals surface area (Å²) in [7, 11) is 0. The first-order valence-corrected chi connectivity index (χ1v) is 10.5. The van der Waals surface area contributed by atoms with E-state index in [1.54, 1.807) is 6.07 Å². The molecule has 3 rings (SSSR count). The van der Waals surface area contributed by atoms with Crippen molar-refractivity contribution in [3.8, 4) is 5.75 Å². The Labute approximate surface area is 182 Å². The summed E-state index contributed by atoms with van der Waals surface area (Å²) in [5, 5.41) is 0. The van der Waals surface area contributed by atoms with Crippen LogP contribution in [0.25, 0.3) is 6.08 Å². The lowest BCUT2D eigenvalue weighted by Crippen LogP contribution is -2.03. The molecule has 1 aromatic carbocycles. The highest BCUT2D eigenvalue weighted by molar-refractivity contribution is 9.10. The molecule has 9 heteroatoms. The molecule has 3 aromatic rings. The predicted octanol–water partition coefficient (Wildman–Crippen LogP) is 7.09. The van der Waals surface area contributed by atoms with E-state index >= 15 is 0 Å². The number of allylic oxidation sites excluding steroid dienone is 1. The number of hydrogen-bond acceptors (Lipinski definition) is 4. The van der Waals surface area contributed by atoms with Gasteiger partial charge in [-0.2, -0.15) is 8.78 Å². The van der Waals surface area contributed by atoms with Crippen molar-refractivity contribution < 1.29 is 31.5 Å². The highest BCUT2D eigenvalue weighted by Gasteiger charge is 2.21. The Morgan fingerprint density at radius 1 is 1.17 bits per heavy atom. The fourth-order valence-corrected chi connectivity index (χ4v) is 4.44. The van der Waals surface area contributed by atoms with Crippen molar-refractivity contribution in [1.82, 2.24) is 0 Å². The number of furan rings is 1. The van der Waals surface area contributed by atoms with Crippen molar-refractivity contribution >= 4 is 39.1 Å². The maximum atomic E-state index is 13.6. The lowest BCUT2D eigenvalue weighted by Gasteiger charge is -2.08. The number of thiophene rings is 1. The number of ketones is 1. The third kappa shape index (κ3) is 5.02. The number of rotatable bonds is 8. The van der Waals surface area contributed by atoms with Crippen LogP contribution in [0.4, 0.5) is 17.6 Å². The highest BCUT2D eigenvalue weighted by Crippen LogP contribution is 2.30. The standard InChI is InChI=1S/C21H15BrF4O3S/c1-2-3-17-13(22)8-18(30-17)16(27)7-6-11-4-5-12(29-11)10-28-21-19(25)14(23)9-15(24)20(21)26/h4-9H,2-3,10H2,1H3/b7-6+. The molecule has 3 nitrogen and oxygen atoms in total. The molecule has 0 unspecified atom stereocenters. The number of hydrogen-bond donors (Lipinski definition) is 0. The topological polar surface area (TPSA) is 39.4 Å². The lowest BCUT2D eigenvalue weighted by atomic mass is 10.2. The summed E-state index contributed by atoms with van der Waals surface area (Å²) in [6.45, 7) is 1.59. The third-order valence-electron chi connectivity index (χ3n) is 3.99. The fraction of sp³-hybridized carbons (Fsp3) is 0.190. The minimum Gasteiger partial charge on any atom is -0.479 e. The van der Waals surface area contributed by atoms with Crippen LogP contribution in [0.1, 0.15) is 39.4 Å². The van der Waals surface area contributed by atoms with Gasteiger partial charge in [-0.3, -0.25) is 4.79 Å². The second-order valence-electron chi connectivity index (χ2n) is 6.22. The maximum absolute atomic E-state index is 13.6. The van der Waals surface area contributed by atoms with Gasteiger partial charge in [-0.05, 0) is 52.7 Å². The van der Waals surface area contributed by atoms with Crippen LogP contribution < -0.4 is 4.74 Å². The van der Waals surface area contributed by atoms with Gasteiger partial charge in [0.05, 0.1) is 4.88 Å². The van der Waals surface area contributed by atoms with Crippen molar-refractivity contribution in [2.75, 3.05) is 0 Å². The molecular formula is C21H15BrF4O3S. The van der Waals surface area contributed by atoms with Crippen LogP contribution >= 0.6 is 27.3 Å². The molecule has 0 spiro atoms. The van der Waals surface area contributed by atoms with Crippen LogP contribution in [0.5, 0.6) is 5.75 Å². The summed E-state index contributed by atoms with van der Waals surface area (Å²) < 4.78 is 64.8. The first-order valence-electron chi connectivity index (χ1n) is 8.85. The van der Waals surface area contributed by atoms with Crippen molar-refractivity contribution in [3.05, 3.63) is 79.4 Å². The fourth-order valence-electron chi connectivity index (χ4n) is 2.55. The second-order valence-corrected chi connectivity index (χ2v) is 8.21. The lowest BCUT2D eigenvalue weighted by molar-refractivity contribution is 0.105. The monoisotopic (exact) mass is 502 g/mol. The molecule has 30 heavy (non-hydrogen) atoms. The molecule has 2 heterocycles. The van der Waals surface area contributed by atoms with E-state index in [4.69, 9.17) is 9.15 Å². The number of benzene rings is 1. The number of carbonyl (C=O) groups is 1. The van der Waals surface area contributed by atoms with E-state index in [9.17, 15) is 22.4 Å². The Balaban J connectivity index is 1.66. The Kier molecular flexibility index (Phi) is 7.14. The zero-order valence-corrected chi connectivity index (χ0v) is 18.0. The van der Waals surface area contributed by atoms with E-state index in [2.05, 4.69) is 22.9 Å². The third-order valence-corrected chi connectivity index (χ3v) is 6.17. The van der Waals surface area contributed by atoms with Crippen molar-refractivity contribution in [2.45, 2.75) is 26.4 Å². The molecule has 0 aliphatic rings. The Bertz CT molecular complexity index is 1080. The van der Waals surface area contributed by atoms with E-state index in [0.717, 1.165) is 22.2 Å². The zero-order chi connectivity index (χ0) is 21.8. The Morgan fingerprint density at radius 3 is 2.53 bits per heavy atom. The average molecular weight is 503 g/mol. The van der Waals surface area contributed by atoms with Crippen LogP contribution in [-0.4, -0.2) is 5.78 Å². The van der Waals surface area contributed by atoms with Gasteiger partial charge in [-0.15, -0.1) is 11.3 Å². The van der Waals surface area contributed by atoms with Crippen molar-refractivity contribution in [2.24, 2.45) is 0 Å². The molecular weight excluding hydrogens is 488 g/mol. The molecule has 158 valence electrons. The quantitative estimate of drug-likeness (QED) is 0.143. The van der Waals surface area contributed by atoms with Gasteiger partial charge >= 0.3 is 0 Å². The van der Waals surface area contributed by atoms with Crippen LogP contribution in [0.2, 0.25) is 0 Å². The van der Waals surface area contributed by atoms with E-state index < -0.39 is 35.6 Å². The minimum atomic E-state index is -1.63. The van der Waals surface area contributed by atoms with E-state index in [1.165, 1.54) is 35.6 Å². The number of carbonyl (C=O) groups excluding carboxylic acids is 1. The van der Waals surface area contributed by atoms with Crippen LogP contribution in [0, 0.1) is 23.3 Å². The van der Waals surface area contributed by atoms with Crippen LogP contribution in [0.15, 0.2) is 39.2 Å². The number of halogens is 5. The molecule has 0 saturated heterocycles. The predicted molar refractivity (Wildman–Crippen MR) is 109 cm³/mol. The van der Waals surface area contributed by atoms with E-state index in [-0.39, 0.29) is 17.6 Å². The normalized spacial score (nSPS) is 11.4. The highest BCUT2D eigenvalue weighted by atomic mass is 79.9. The molecule has 0 saturated carbocycles. The molecule has 0 amide bonds. The molecule has 0 aliphatic heterocycles. The van der Waals surface area contributed by atoms with Gasteiger partial charge in [0, 0.05) is 15.4 Å². The Morgan fingerprint density at radius 2 is 1.87 bits per heavy atom. The van der Waals surface area contributed by atoms with Crippen LogP contribution in [-0.2, 0) is 13.0 Å². The van der Waals surface area contributed by atoms with E-state index in [0.29, 0.717) is 10.6 Å². The largest absolute Gasteiger partial charge is 0.479 e. The Hall–Kier alpha value is -2.39. The molecule has 2 aromatic heterocycles. The summed E-state index contributed by atoms with van der Waals surface area (Å²) in [5.41, 5.74) is 0. The molecule has 0 N–H and O–H groups in total. The number of aryl methyl sites for hydroxylation is 1. The smallest absolute Gasteiger partial charge is 0.203 e. The zero-order valence-electron chi connectivity index (χ0n) is 15.6. The van der Waals surface area contributed by atoms with Crippen molar-refractivity contribution in [3.63, 3.8) is 0 Å². The van der Waals surface area contributed by atoms with Gasteiger partial charge in [-0.1, -0.05) is 13.3 Å². The summed E-state index contributed by atoms with van der Waals surface area (Å²) in [6, 6.07) is 4.84. The van der Waals surface area contributed by atoms with Gasteiger partial charge in [0.15, 0.2) is 23.2 Å². The summed E-state index contributed by atoms with van der Waals surface area (Å²) in [5.74, 6) is -7.29. The molecule has 0 bridgehead atoms. The minimum absolute atomic E-state index is 0.0989. The summed E-state index contributed by atoms with van der Waals surface area (Å²) >= 11 is 4.86. The molecule has 0 fully saturated rings. The first kappa shape index (κ1) is 22.3. The maximum Gasteiger partial charge on any atom is 0.203 e. The molecule has 0 aliphatic carbocycles. The van der Waals surface area contributed by atoms with Gasteiger partial charge in [0.1, 0.15) is 18.1 Å². The average Bonchev–Trinajstić information content (AvgIpc) is 3.32. The summed E-state index contributed by atoms with van der Waals surface area (Å²) in [6.07, 6.45) is 4.64.